The fourth-order valence-corrected chi connectivity index (χ4v) is 2.71. The number of nitrogens with zero attached hydrogens (tertiary/aromatic N) is 1. The highest BCUT2D eigenvalue weighted by Crippen LogP contribution is 2.26. The Morgan fingerprint density at radius 3 is 2.85 bits per heavy atom. The van der Waals surface area contributed by atoms with E-state index in [-0.39, 0.29) is 11.5 Å². The van der Waals surface area contributed by atoms with E-state index >= 15 is 0 Å². The standard InChI is InChI=1S/C15H23N3O2/c1-11-9-12(17-16)5-6-13(11)14(19)18-8-4-7-15(2,10-18)20-3/h5-6,9,17H,4,7-8,10,16H2,1-3H3. The number of nitrogen functional groups attached to an aromatic ring is 1. The Morgan fingerprint density at radius 2 is 2.25 bits per heavy atom. The van der Waals surface area contributed by atoms with E-state index in [4.69, 9.17) is 10.6 Å². The van der Waals surface area contributed by atoms with Crippen LogP contribution in [0.25, 0.3) is 0 Å². The topological polar surface area (TPSA) is 67.6 Å². The number of hydrazine groups is 1. The molecule has 0 radical (unpaired) electrons. The molecule has 1 aliphatic heterocycles. The lowest BCUT2D eigenvalue weighted by Gasteiger charge is -2.39. The van der Waals surface area contributed by atoms with E-state index in [0.717, 1.165) is 36.2 Å². The Kier molecular flexibility index (Phi) is 4.30. The molecule has 1 fully saturated rings. The van der Waals surface area contributed by atoms with Gasteiger partial charge in [-0.2, -0.15) is 0 Å². The van der Waals surface area contributed by atoms with Gasteiger partial charge in [-0.1, -0.05) is 0 Å². The molecular weight excluding hydrogens is 254 g/mol. The van der Waals surface area contributed by atoms with Crippen LogP contribution in [0, 0.1) is 6.92 Å². The van der Waals surface area contributed by atoms with E-state index < -0.39 is 0 Å². The SMILES string of the molecule is COC1(C)CCCN(C(=O)c2ccc(NN)cc2C)C1. The van der Waals surface area contributed by atoms with Crippen LogP contribution in [-0.4, -0.2) is 36.6 Å². The summed E-state index contributed by atoms with van der Waals surface area (Å²) < 4.78 is 5.54. The zero-order chi connectivity index (χ0) is 14.8. The molecule has 1 heterocycles. The summed E-state index contributed by atoms with van der Waals surface area (Å²) in [4.78, 5) is 14.5. The molecule has 1 aromatic carbocycles. The molecule has 2 rings (SSSR count). The Bertz CT molecular complexity index is 504. The number of anilines is 1. The Hall–Kier alpha value is -1.59. The normalized spacial score (nSPS) is 22.7. The lowest BCUT2D eigenvalue weighted by Crippen LogP contribution is -2.49. The van der Waals surface area contributed by atoms with E-state index in [2.05, 4.69) is 12.3 Å². The minimum Gasteiger partial charge on any atom is -0.377 e. The second-order valence-corrected chi connectivity index (χ2v) is 5.66. The molecule has 3 N–H and O–H groups in total. The summed E-state index contributed by atoms with van der Waals surface area (Å²) in [6, 6.07) is 5.53. The van der Waals surface area contributed by atoms with Gasteiger partial charge in [0.15, 0.2) is 0 Å². The summed E-state index contributed by atoms with van der Waals surface area (Å²) >= 11 is 0. The number of ether oxygens (including phenoxy) is 1. The number of benzene rings is 1. The summed E-state index contributed by atoms with van der Waals surface area (Å²) in [6.45, 7) is 5.40. The second kappa shape index (κ2) is 5.81. The Balaban J connectivity index is 2.19. The van der Waals surface area contributed by atoms with Crippen LogP contribution in [0.4, 0.5) is 5.69 Å². The minimum absolute atomic E-state index is 0.0639. The van der Waals surface area contributed by atoms with Crippen molar-refractivity contribution in [1.29, 1.82) is 0 Å². The summed E-state index contributed by atoms with van der Waals surface area (Å²) in [6.07, 6.45) is 1.96. The Morgan fingerprint density at radius 1 is 1.50 bits per heavy atom. The van der Waals surface area contributed by atoms with Crippen molar-refractivity contribution in [3.8, 4) is 0 Å². The van der Waals surface area contributed by atoms with E-state index in [1.807, 2.05) is 30.0 Å². The largest absolute Gasteiger partial charge is 0.377 e. The number of carbonyl (C=O) groups excluding carboxylic acids is 1. The molecule has 0 aliphatic carbocycles. The molecule has 110 valence electrons. The zero-order valence-electron chi connectivity index (χ0n) is 12.4. The lowest BCUT2D eigenvalue weighted by molar-refractivity contribution is -0.0440. The van der Waals surface area contributed by atoms with Gasteiger partial charge >= 0.3 is 0 Å². The maximum atomic E-state index is 12.6. The van der Waals surface area contributed by atoms with Gasteiger partial charge in [-0.05, 0) is 50.5 Å². The van der Waals surface area contributed by atoms with Crippen molar-refractivity contribution in [2.45, 2.75) is 32.3 Å². The predicted molar refractivity (Wildman–Crippen MR) is 79.5 cm³/mol. The maximum Gasteiger partial charge on any atom is 0.254 e. The van der Waals surface area contributed by atoms with Gasteiger partial charge in [0.25, 0.3) is 5.91 Å². The smallest absolute Gasteiger partial charge is 0.254 e. The molecule has 0 bridgehead atoms. The third kappa shape index (κ3) is 2.94. The number of carbonyl (C=O) groups is 1. The second-order valence-electron chi connectivity index (χ2n) is 5.66. The van der Waals surface area contributed by atoms with Gasteiger partial charge in [0.1, 0.15) is 0 Å². The number of nitrogens with two attached hydrogens (primary N) is 1. The average molecular weight is 277 g/mol. The van der Waals surface area contributed by atoms with Crippen LogP contribution in [0.1, 0.15) is 35.7 Å². The highest BCUT2D eigenvalue weighted by molar-refractivity contribution is 5.96. The summed E-state index contributed by atoms with van der Waals surface area (Å²) in [5.74, 6) is 5.44. The molecular formula is C15H23N3O2. The molecule has 0 spiro atoms. The van der Waals surface area contributed by atoms with Crippen molar-refractivity contribution in [1.82, 2.24) is 4.90 Å². The third-order valence-corrected chi connectivity index (χ3v) is 4.06. The fraction of sp³-hybridized carbons (Fsp3) is 0.533. The van der Waals surface area contributed by atoms with E-state index in [1.54, 1.807) is 7.11 Å². The summed E-state index contributed by atoms with van der Waals surface area (Å²) in [5.41, 5.74) is 4.81. The van der Waals surface area contributed by atoms with Crippen LogP contribution >= 0.6 is 0 Å². The first-order valence-electron chi connectivity index (χ1n) is 6.91. The molecule has 1 aliphatic rings. The number of aryl methyl sites for hydroxylation is 1. The molecule has 1 amide bonds. The van der Waals surface area contributed by atoms with Crippen molar-refractivity contribution in [3.63, 3.8) is 0 Å². The van der Waals surface area contributed by atoms with Crippen molar-refractivity contribution in [2.75, 3.05) is 25.6 Å². The molecule has 0 saturated carbocycles. The molecule has 5 heteroatoms. The lowest BCUT2D eigenvalue weighted by atomic mass is 9.94. The van der Waals surface area contributed by atoms with Gasteiger partial charge in [0, 0.05) is 31.5 Å². The maximum absolute atomic E-state index is 12.6. The summed E-state index contributed by atoms with van der Waals surface area (Å²) in [5, 5.41) is 0. The van der Waals surface area contributed by atoms with Gasteiger partial charge in [0.2, 0.25) is 0 Å². The van der Waals surface area contributed by atoms with Gasteiger partial charge in [0.05, 0.1) is 5.60 Å². The van der Waals surface area contributed by atoms with Crippen molar-refractivity contribution in [2.24, 2.45) is 5.84 Å². The quantitative estimate of drug-likeness (QED) is 0.654. The van der Waals surface area contributed by atoms with Crippen molar-refractivity contribution in [3.05, 3.63) is 29.3 Å². The molecule has 1 aromatic rings. The number of hydrogen-bond donors (Lipinski definition) is 2. The van der Waals surface area contributed by atoms with Crippen LogP contribution in [0.5, 0.6) is 0 Å². The van der Waals surface area contributed by atoms with Gasteiger partial charge in [-0.25, -0.2) is 0 Å². The van der Waals surface area contributed by atoms with Gasteiger partial charge in [-0.15, -0.1) is 0 Å². The van der Waals surface area contributed by atoms with Crippen LogP contribution in [0.15, 0.2) is 18.2 Å². The first-order valence-corrected chi connectivity index (χ1v) is 6.91. The first kappa shape index (κ1) is 14.8. The fourth-order valence-electron chi connectivity index (χ4n) is 2.71. The number of methoxy groups -OCH3 is 1. The van der Waals surface area contributed by atoms with E-state index in [1.165, 1.54) is 0 Å². The molecule has 20 heavy (non-hydrogen) atoms. The Labute approximate surface area is 120 Å². The summed E-state index contributed by atoms with van der Waals surface area (Å²) in [7, 11) is 1.71. The number of piperidine rings is 1. The first-order chi connectivity index (χ1) is 9.49. The molecule has 1 saturated heterocycles. The zero-order valence-corrected chi connectivity index (χ0v) is 12.4. The predicted octanol–water partition coefficient (Wildman–Crippen LogP) is 1.92. The average Bonchev–Trinajstić information content (AvgIpc) is 2.46. The number of nitrogens with one attached hydrogen (secondary N) is 1. The van der Waals surface area contributed by atoms with Crippen LogP contribution in [0.2, 0.25) is 0 Å². The number of amides is 1. The number of rotatable bonds is 3. The number of likely N-dealkylation sites (tertiary alicyclic amines) is 1. The van der Waals surface area contributed by atoms with E-state index in [0.29, 0.717) is 6.54 Å². The molecule has 1 unspecified atom stereocenters. The van der Waals surface area contributed by atoms with E-state index in [9.17, 15) is 4.79 Å². The van der Waals surface area contributed by atoms with Crippen molar-refractivity contribution < 1.29 is 9.53 Å². The van der Waals surface area contributed by atoms with Crippen LogP contribution in [-0.2, 0) is 4.74 Å². The van der Waals surface area contributed by atoms with Gasteiger partial charge in [-0.3, -0.25) is 10.6 Å². The minimum atomic E-state index is -0.236. The third-order valence-electron chi connectivity index (χ3n) is 4.06. The molecule has 5 nitrogen and oxygen atoms in total. The van der Waals surface area contributed by atoms with Crippen molar-refractivity contribution >= 4 is 11.6 Å². The monoisotopic (exact) mass is 277 g/mol. The van der Waals surface area contributed by atoms with Gasteiger partial charge < -0.3 is 15.1 Å². The molecule has 1 atom stereocenters. The number of hydrogen-bond acceptors (Lipinski definition) is 4. The molecule has 0 aromatic heterocycles. The highest BCUT2D eigenvalue weighted by Gasteiger charge is 2.33. The van der Waals surface area contributed by atoms with Crippen LogP contribution < -0.4 is 11.3 Å². The van der Waals surface area contributed by atoms with Crippen LogP contribution in [0.3, 0.4) is 0 Å². The highest BCUT2D eigenvalue weighted by atomic mass is 16.5.